The topological polar surface area (TPSA) is 12.5 Å². The van der Waals surface area contributed by atoms with Gasteiger partial charge in [-0.15, -0.1) is 0 Å². The van der Waals surface area contributed by atoms with E-state index in [1.165, 1.54) is 0 Å². The summed E-state index contributed by atoms with van der Waals surface area (Å²) in [6.45, 7) is 9.65. The molecule has 2 nitrogen and oxygen atoms in total. The molecule has 0 saturated heterocycles. The molecule has 55 valence electrons. The van der Waals surface area contributed by atoms with Gasteiger partial charge in [-0.3, -0.25) is 0 Å². The summed E-state index contributed by atoms with van der Waals surface area (Å²) in [5.74, 6) is 0. The summed E-state index contributed by atoms with van der Waals surface area (Å²) in [4.78, 5) is 2.23. The molecule has 0 saturated carbocycles. The van der Waals surface area contributed by atoms with Crippen LogP contribution in [0, 0.1) is 6.92 Å². The Bertz CT molecular complexity index is 52.9. The maximum atomic E-state index is 4.91. The van der Waals surface area contributed by atoms with Crippen LogP contribution < -0.4 is 0 Å². The molecule has 0 unspecified atom stereocenters. The van der Waals surface area contributed by atoms with Crippen molar-refractivity contribution in [2.45, 2.75) is 6.92 Å². The van der Waals surface area contributed by atoms with Crippen molar-refractivity contribution >= 4 is 0 Å². The molecule has 0 amide bonds. The Kier molecular flexibility index (Phi) is 5.99. The van der Waals surface area contributed by atoms with Crippen molar-refractivity contribution in [3.05, 3.63) is 6.92 Å². The van der Waals surface area contributed by atoms with Crippen LogP contribution in [0.5, 0.6) is 0 Å². The zero-order chi connectivity index (χ0) is 7.11. The number of methoxy groups -OCH3 is 1. The lowest BCUT2D eigenvalue weighted by Crippen LogP contribution is -2.26. The van der Waals surface area contributed by atoms with Gasteiger partial charge < -0.3 is 9.64 Å². The summed E-state index contributed by atoms with van der Waals surface area (Å²) in [5, 5.41) is 0. The highest BCUT2D eigenvalue weighted by Crippen LogP contribution is 1.84. The third-order valence-corrected chi connectivity index (χ3v) is 1.38. The van der Waals surface area contributed by atoms with E-state index in [0.717, 1.165) is 26.2 Å². The van der Waals surface area contributed by atoms with E-state index in [0.29, 0.717) is 0 Å². The minimum absolute atomic E-state index is 0.809. The number of hydrogen-bond donors (Lipinski definition) is 0. The van der Waals surface area contributed by atoms with E-state index in [9.17, 15) is 0 Å². The van der Waals surface area contributed by atoms with Gasteiger partial charge in [-0.2, -0.15) is 0 Å². The summed E-state index contributed by atoms with van der Waals surface area (Å²) in [7, 11) is 1.72. The number of ether oxygens (including phenoxy) is 1. The second-order valence-electron chi connectivity index (χ2n) is 1.93. The van der Waals surface area contributed by atoms with Gasteiger partial charge in [-0.1, -0.05) is 6.92 Å². The van der Waals surface area contributed by atoms with E-state index in [1.807, 2.05) is 0 Å². The molecule has 0 aromatic carbocycles. The Labute approximate surface area is 57.8 Å². The lowest BCUT2D eigenvalue weighted by molar-refractivity contribution is 0.157. The van der Waals surface area contributed by atoms with Gasteiger partial charge in [-0.05, 0) is 20.0 Å². The first-order valence-corrected chi connectivity index (χ1v) is 3.35. The van der Waals surface area contributed by atoms with Gasteiger partial charge in [0, 0.05) is 13.7 Å². The molecule has 0 aliphatic heterocycles. The number of hydrogen-bond acceptors (Lipinski definition) is 2. The molecule has 0 atom stereocenters. The third-order valence-electron chi connectivity index (χ3n) is 1.38. The van der Waals surface area contributed by atoms with Crippen molar-refractivity contribution in [2.24, 2.45) is 0 Å². The predicted molar refractivity (Wildman–Crippen MR) is 39.3 cm³/mol. The molecule has 0 heterocycles. The van der Waals surface area contributed by atoms with Crippen LogP contribution in [0.25, 0.3) is 0 Å². The Morgan fingerprint density at radius 2 is 2.22 bits per heavy atom. The molecule has 0 rings (SSSR count). The van der Waals surface area contributed by atoms with Crippen LogP contribution in [0.3, 0.4) is 0 Å². The highest BCUT2D eigenvalue weighted by molar-refractivity contribution is 4.54. The Hall–Kier alpha value is -0.0800. The molecule has 0 spiro atoms. The van der Waals surface area contributed by atoms with E-state index in [-0.39, 0.29) is 0 Å². The maximum absolute atomic E-state index is 4.91. The minimum atomic E-state index is 0.809. The highest BCUT2D eigenvalue weighted by Gasteiger charge is 1.95. The van der Waals surface area contributed by atoms with Crippen molar-refractivity contribution in [3.8, 4) is 0 Å². The monoisotopic (exact) mass is 130 g/mol. The van der Waals surface area contributed by atoms with Crippen LogP contribution in [0.2, 0.25) is 0 Å². The van der Waals surface area contributed by atoms with E-state index < -0.39 is 0 Å². The second kappa shape index (κ2) is 6.05. The fraction of sp³-hybridized carbons (Fsp3) is 0.857. The quantitative estimate of drug-likeness (QED) is 0.545. The molecule has 2 heteroatoms. The van der Waals surface area contributed by atoms with Gasteiger partial charge in [0.2, 0.25) is 0 Å². The predicted octanol–water partition coefficient (Wildman–Crippen LogP) is 0.789. The van der Waals surface area contributed by atoms with E-state index >= 15 is 0 Å². The highest BCUT2D eigenvalue weighted by atomic mass is 16.5. The summed E-state index contributed by atoms with van der Waals surface area (Å²) in [6, 6.07) is 0. The summed E-state index contributed by atoms with van der Waals surface area (Å²) >= 11 is 0. The van der Waals surface area contributed by atoms with Crippen molar-refractivity contribution < 1.29 is 4.74 Å². The lowest BCUT2D eigenvalue weighted by atomic mass is 10.5. The van der Waals surface area contributed by atoms with Gasteiger partial charge >= 0.3 is 0 Å². The van der Waals surface area contributed by atoms with Crippen LogP contribution in [0.15, 0.2) is 0 Å². The third kappa shape index (κ3) is 4.43. The van der Waals surface area contributed by atoms with Crippen molar-refractivity contribution in [1.82, 2.24) is 4.90 Å². The van der Waals surface area contributed by atoms with Crippen molar-refractivity contribution in [1.29, 1.82) is 0 Å². The summed E-state index contributed by atoms with van der Waals surface area (Å²) in [6.07, 6.45) is 0. The molecule has 1 radical (unpaired) electrons. The second-order valence-corrected chi connectivity index (χ2v) is 1.93. The van der Waals surface area contributed by atoms with Crippen LogP contribution >= 0.6 is 0 Å². The molecule has 0 aromatic heterocycles. The largest absolute Gasteiger partial charge is 0.383 e. The van der Waals surface area contributed by atoms with Crippen LogP contribution in [-0.2, 0) is 4.74 Å². The first-order valence-electron chi connectivity index (χ1n) is 3.35. The molecule has 0 aromatic rings. The molecular weight excluding hydrogens is 114 g/mol. The minimum Gasteiger partial charge on any atom is -0.383 e. The maximum Gasteiger partial charge on any atom is 0.0589 e. The standard InChI is InChI=1S/C7H16NO/c1-4-8(5-2)6-7-9-3/h1,4-7H2,2-3H3. The van der Waals surface area contributed by atoms with Crippen LogP contribution in [0.4, 0.5) is 0 Å². The van der Waals surface area contributed by atoms with Gasteiger partial charge in [-0.25, -0.2) is 0 Å². The molecule has 0 bridgehead atoms. The zero-order valence-electron chi connectivity index (χ0n) is 6.39. The molecule has 9 heavy (non-hydrogen) atoms. The molecule has 0 fully saturated rings. The Morgan fingerprint density at radius 3 is 2.56 bits per heavy atom. The van der Waals surface area contributed by atoms with Crippen LogP contribution in [0.1, 0.15) is 6.92 Å². The average molecular weight is 130 g/mol. The zero-order valence-corrected chi connectivity index (χ0v) is 6.39. The Morgan fingerprint density at radius 1 is 1.56 bits per heavy atom. The number of nitrogens with zero attached hydrogens (tertiary/aromatic N) is 1. The van der Waals surface area contributed by atoms with Gasteiger partial charge in [0.25, 0.3) is 0 Å². The molecule has 0 N–H and O–H groups in total. The van der Waals surface area contributed by atoms with Crippen LogP contribution in [-0.4, -0.2) is 38.3 Å². The normalized spacial score (nSPS) is 10.7. The smallest absolute Gasteiger partial charge is 0.0589 e. The molecular formula is C7H16NO. The Balaban J connectivity index is 3.09. The first kappa shape index (κ1) is 8.92. The van der Waals surface area contributed by atoms with Gasteiger partial charge in [0.1, 0.15) is 0 Å². The lowest BCUT2D eigenvalue weighted by Gasteiger charge is -2.16. The van der Waals surface area contributed by atoms with Gasteiger partial charge in [0.05, 0.1) is 6.61 Å². The van der Waals surface area contributed by atoms with Gasteiger partial charge in [0.15, 0.2) is 0 Å². The summed E-state index contributed by atoms with van der Waals surface area (Å²) in [5.41, 5.74) is 0. The van der Waals surface area contributed by atoms with Crippen molar-refractivity contribution in [3.63, 3.8) is 0 Å². The average Bonchev–Trinajstić information content (AvgIpc) is 1.91. The van der Waals surface area contributed by atoms with Crippen molar-refractivity contribution in [2.75, 3.05) is 33.4 Å². The molecule has 0 aliphatic rings. The fourth-order valence-corrected chi connectivity index (χ4v) is 0.648. The SMILES string of the molecule is [CH2]CN(CC)CCOC. The molecule has 0 aliphatic carbocycles. The van der Waals surface area contributed by atoms with E-state index in [1.54, 1.807) is 7.11 Å². The first-order chi connectivity index (χ1) is 4.35. The number of likely N-dealkylation sites (N-methyl/N-ethyl adjacent to an activating group) is 1. The number of rotatable bonds is 5. The summed E-state index contributed by atoms with van der Waals surface area (Å²) < 4.78 is 4.91. The van der Waals surface area contributed by atoms with E-state index in [4.69, 9.17) is 4.74 Å². The fourth-order valence-electron chi connectivity index (χ4n) is 0.648. The van der Waals surface area contributed by atoms with E-state index in [2.05, 4.69) is 18.7 Å².